The van der Waals surface area contributed by atoms with Crippen LogP contribution in [0.2, 0.25) is 0 Å². The van der Waals surface area contributed by atoms with Crippen molar-refractivity contribution >= 4 is 31.9 Å². The number of aliphatic hydroxyl groups excluding tert-OH is 2. The second-order valence-corrected chi connectivity index (χ2v) is 8.03. The summed E-state index contributed by atoms with van der Waals surface area (Å²) in [5.74, 6) is 1.14. The van der Waals surface area contributed by atoms with Gasteiger partial charge in [0, 0.05) is 9.65 Å². The van der Waals surface area contributed by atoms with Crippen LogP contribution in [0.15, 0.2) is 0 Å². The van der Waals surface area contributed by atoms with Gasteiger partial charge in [0.05, 0.1) is 12.2 Å². The quantitative estimate of drug-likeness (QED) is 0.710. The lowest BCUT2D eigenvalue weighted by molar-refractivity contribution is 0.0407. The summed E-state index contributed by atoms with van der Waals surface area (Å²) in [6, 6.07) is 0. The molecule has 0 aromatic rings. The molecule has 2 N–H and O–H groups in total. The molecular formula is C12H20Br2O2. The molecule has 2 fully saturated rings. The third kappa shape index (κ3) is 3.44. The second kappa shape index (κ2) is 5.68. The van der Waals surface area contributed by atoms with E-state index in [0.717, 1.165) is 38.5 Å². The summed E-state index contributed by atoms with van der Waals surface area (Å²) in [5, 5.41) is 19.6. The van der Waals surface area contributed by atoms with Gasteiger partial charge in [-0.15, -0.1) is 0 Å². The minimum absolute atomic E-state index is 0.157. The molecule has 2 saturated carbocycles. The van der Waals surface area contributed by atoms with Crippen molar-refractivity contribution in [3.63, 3.8) is 0 Å². The van der Waals surface area contributed by atoms with E-state index >= 15 is 0 Å². The SMILES string of the molecule is OC1CC(Br)CC(C2CC(O)CC(Br)C2)C1. The van der Waals surface area contributed by atoms with Crippen molar-refractivity contribution in [3.05, 3.63) is 0 Å². The normalized spacial score (nSPS) is 50.2. The van der Waals surface area contributed by atoms with E-state index in [1.807, 2.05) is 0 Å². The minimum atomic E-state index is -0.157. The van der Waals surface area contributed by atoms with Crippen LogP contribution in [-0.4, -0.2) is 32.1 Å². The van der Waals surface area contributed by atoms with Crippen molar-refractivity contribution < 1.29 is 10.2 Å². The summed E-state index contributed by atoms with van der Waals surface area (Å²) >= 11 is 7.26. The lowest BCUT2D eigenvalue weighted by Crippen LogP contribution is -2.36. The number of hydrogen-bond donors (Lipinski definition) is 2. The zero-order valence-electron chi connectivity index (χ0n) is 9.36. The number of halogens is 2. The molecule has 2 aliphatic rings. The summed E-state index contributed by atoms with van der Waals surface area (Å²) in [5.41, 5.74) is 0. The van der Waals surface area contributed by atoms with Crippen LogP contribution in [0.4, 0.5) is 0 Å². The Kier molecular flexibility index (Phi) is 4.73. The fourth-order valence-corrected chi connectivity index (χ4v) is 5.12. The van der Waals surface area contributed by atoms with E-state index in [-0.39, 0.29) is 12.2 Å². The highest BCUT2D eigenvalue weighted by atomic mass is 79.9. The standard InChI is InChI=1S/C12H20Br2O2/c13-9-1-7(3-11(15)5-9)8-2-10(14)6-12(16)4-8/h7-12,15-16H,1-6H2. The lowest BCUT2D eigenvalue weighted by Gasteiger charge is -2.39. The van der Waals surface area contributed by atoms with Gasteiger partial charge in [-0.2, -0.15) is 0 Å². The van der Waals surface area contributed by atoms with Crippen LogP contribution in [-0.2, 0) is 0 Å². The van der Waals surface area contributed by atoms with Gasteiger partial charge in [-0.05, 0) is 50.4 Å². The van der Waals surface area contributed by atoms with E-state index in [0.29, 0.717) is 21.5 Å². The molecule has 6 atom stereocenters. The smallest absolute Gasteiger partial charge is 0.0553 e. The number of aliphatic hydroxyl groups is 2. The second-order valence-electron chi connectivity index (χ2n) is 5.44. The van der Waals surface area contributed by atoms with E-state index in [1.165, 1.54) is 0 Å². The van der Waals surface area contributed by atoms with Crippen LogP contribution in [0.25, 0.3) is 0 Å². The molecule has 0 amide bonds. The number of rotatable bonds is 1. The van der Waals surface area contributed by atoms with Crippen molar-refractivity contribution in [2.45, 2.75) is 60.4 Å². The van der Waals surface area contributed by atoms with E-state index in [9.17, 15) is 10.2 Å². The minimum Gasteiger partial charge on any atom is -0.393 e. The summed E-state index contributed by atoms with van der Waals surface area (Å²) < 4.78 is 0. The third-order valence-electron chi connectivity index (χ3n) is 3.99. The highest BCUT2D eigenvalue weighted by molar-refractivity contribution is 9.09. The fraction of sp³-hybridized carbons (Fsp3) is 1.00. The van der Waals surface area contributed by atoms with Crippen LogP contribution in [0, 0.1) is 11.8 Å². The van der Waals surface area contributed by atoms with Crippen LogP contribution in [0.5, 0.6) is 0 Å². The number of hydrogen-bond acceptors (Lipinski definition) is 2. The Bertz CT molecular complexity index is 193. The first-order valence-corrected chi connectivity index (χ1v) is 8.02. The summed E-state index contributed by atoms with van der Waals surface area (Å²) in [4.78, 5) is 0.906. The van der Waals surface area contributed by atoms with E-state index in [1.54, 1.807) is 0 Å². The van der Waals surface area contributed by atoms with E-state index in [2.05, 4.69) is 31.9 Å². The largest absolute Gasteiger partial charge is 0.393 e. The van der Waals surface area contributed by atoms with Gasteiger partial charge >= 0.3 is 0 Å². The molecular weight excluding hydrogens is 336 g/mol. The molecule has 2 nitrogen and oxygen atoms in total. The van der Waals surface area contributed by atoms with Gasteiger partial charge in [-0.3, -0.25) is 0 Å². The molecule has 6 unspecified atom stereocenters. The van der Waals surface area contributed by atoms with Gasteiger partial charge in [-0.1, -0.05) is 31.9 Å². The Morgan fingerprint density at radius 1 is 0.625 bits per heavy atom. The third-order valence-corrected chi connectivity index (χ3v) is 5.48. The monoisotopic (exact) mass is 354 g/mol. The van der Waals surface area contributed by atoms with Crippen LogP contribution < -0.4 is 0 Å². The molecule has 0 spiro atoms. The van der Waals surface area contributed by atoms with Crippen molar-refractivity contribution in [3.8, 4) is 0 Å². The van der Waals surface area contributed by atoms with Crippen molar-refractivity contribution in [2.24, 2.45) is 11.8 Å². The average Bonchev–Trinajstić information content (AvgIpc) is 2.14. The topological polar surface area (TPSA) is 40.5 Å². The molecule has 16 heavy (non-hydrogen) atoms. The van der Waals surface area contributed by atoms with Crippen LogP contribution in [0.3, 0.4) is 0 Å². The first-order valence-electron chi connectivity index (χ1n) is 6.19. The summed E-state index contributed by atoms with van der Waals surface area (Å²) in [6.07, 6.45) is 5.57. The summed E-state index contributed by atoms with van der Waals surface area (Å²) in [7, 11) is 0. The molecule has 0 saturated heterocycles. The summed E-state index contributed by atoms with van der Waals surface area (Å²) in [6.45, 7) is 0. The van der Waals surface area contributed by atoms with Crippen molar-refractivity contribution in [2.75, 3.05) is 0 Å². The highest BCUT2D eigenvalue weighted by Crippen LogP contribution is 2.41. The predicted octanol–water partition coefficient (Wildman–Crippen LogP) is 2.84. The maximum Gasteiger partial charge on any atom is 0.0553 e. The first-order chi connectivity index (χ1) is 7.54. The fourth-order valence-electron chi connectivity index (χ4n) is 3.29. The molecule has 2 aliphatic carbocycles. The molecule has 94 valence electrons. The molecule has 0 aromatic heterocycles. The number of alkyl halides is 2. The van der Waals surface area contributed by atoms with Gasteiger partial charge in [-0.25, -0.2) is 0 Å². The zero-order valence-corrected chi connectivity index (χ0v) is 12.5. The molecule has 0 aromatic carbocycles. The Morgan fingerprint density at radius 2 is 1.00 bits per heavy atom. The van der Waals surface area contributed by atoms with Gasteiger partial charge in [0.25, 0.3) is 0 Å². The Labute approximate surface area is 114 Å². The lowest BCUT2D eigenvalue weighted by atomic mass is 9.72. The molecule has 2 rings (SSSR count). The Balaban J connectivity index is 1.95. The van der Waals surface area contributed by atoms with E-state index in [4.69, 9.17) is 0 Å². The average molecular weight is 356 g/mol. The van der Waals surface area contributed by atoms with Gasteiger partial charge in [0.15, 0.2) is 0 Å². The zero-order chi connectivity index (χ0) is 11.7. The maximum absolute atomic E-state index is 9.81. The first kappa shape index (κ1) is 13.3. The highest BCUT2D eigenvalue weighted by Gasteiger charge is 2.36. The predicted molar refractivity (Wildman–Crippen MR) is 72.1 cm³/mol. The van der Waals surface area contributed by atoms with Crippen LogP contribution in [0.1, 0.15) is 38.5 Å². The molecule has 0 aliphatic heterocycles. The molecule has 0 radical (unpaired) electrons. The van der Waals surface area contributed by atoms with Crippen molar-refractivity contribution in [1.82, 2.24) is 0 Å². The van der Waals surface area contributed by atoms with E-state index < -0.39 is 0 Å². The van der Waals surface area contributed by atoms with Gasteiger partial charge in [0.1, 0.15) is 0 Å². The van der Waals surface area contributed by atoms with Crippen LogP contribution >= 0.6 is 31.9 Å². The Morgan fingerprint density at radius 3 is 1.31 bits per heavy atom. The molecule has 0 heterocycles. The molecule has 4 heteroatoms. The van der Waals surface area contributed by atoms with Crippen molar-refractivity contribution in [1.29, 1.82) is 0 Å². The van der Waals surface area contributed by atoms with Gasteiger partial charge in [0.2, 0.25) is 0 Å². The Hall–Kier alpha value is 0.880. The molecule has 0 bridgehead atoms. The maximum atomic E-state index is 9.81. The van der Waals surface area contributed by atoms with Gasteiger partial charge < -0.3 is 10.2 Å².